The molecule has 4 atom stereocenters. The third kappa shape index (κ3) is 3.37. The van der Waals surface area contributed by atoms with Crippen LogP contribution in [0, 0.1) is 0 Å². The van der Waals surface area contributed by atoms with E-state index >= 15 is 0 Å². The van der Waals surface area contributed by atoms with Gasteiger partial charge in [0.15, 0.2) is 11.9 Å². The minimum atomic E-state index is -1.09. The van der Waals surface area contributed by atoms with Crippen LogP contribution in [0.25, 0.3) is 11.2 Å². The summed E-state index contributed by atoms with van der Waals surface area (Å²) in [6.45, 7) is 0.925. The van der Waals surface area contributed by atoms with Gasteiger partial charge in [-0.25, -0.2) is 19.3 Å². The predicted molar refractivity (Wildman–Crippen MR) is 94.3 cm³/mol. The van der Waals surface area contributed by atoms with Crippen LogP contribution in [0.3, 0.4) is 0 Å². The number of hydrogen-bond donors (Lipinski definition) is 2. The molecular weight excluding hydrogens is 371 g/mol. The maximum atomic E-state index is 12.2. The fraction of sp³-hybridized carbons (Fsp3) is 0.389. The van der Waals surface area contributed by atoms with Gasteiger partial charge in [0, 0.05) is 0 Å². The molecule has 28 heavy (non-hydrogen) atoms. The smallest absolute Gasteiger partial charge is 0.228 e. The van der Waals surface area contributed by atoms with Crippen LogP contribution in [0.1, 0.15) is 18.8 Å². The van der Waals surface area contributed by atoms with E-state index in [0.717, 1.165) is 0 Å². The van der Waals surface area contributed by atoms with E-state index in [-0.39, 0.29) is 6.61 Å². The van der Waals surface area contributed by atoms with Crippen molar-refractivity contribution >= 4 is 11.2 Å². The molecular formula is C18H19FN4O5. The maximum Gasteiger partial charge on any atom is 0.228 e. The highest BCUT2D eigenvalue weighted by Gasteiger charge is 2.42. The summed E-state index contributed by atoms with van der Waals surface area (Å²) in [5, 5.41) is 20.2. The summed E-state index contributed by atoms with van der Waals surface area (Å²) in [4.78, 5) is 12.8. The van der Waals surface area contributed by atoms with Crippen LogP contribution in [0.2, 0.25) is 0 Å². The first-order valence-electron chi connectivity index (χ1n) is 8.68. The van der Waals surface area contributed by atoms with E-state index in [2.05, 4.69) is 15.0 Å². The monoisotopic (exact) mass is 390 g/mol. The minimum Gasteiger partial charge on any atom is -0.487 e. The molecule has 1 fully saturated rings. The fourth-order valence-corrected chi connectivity index (χ4v) is 3.10. The molecule has 3 aromatic rings. The third-order valence-electron chi connectivity index (χ3n) is 4.61. The summed E-state index contributed by atoms with van der Waals surface area (Å²) in [5.74, 6) is 0.966. The number of imidazole rings is 1. The Morgan fingerprint density at radius 1 is 1.07 bits per heavy atom. The number of aliphatic hydroxyl groups is 2. The van der Waals surface area contributed by atoms with Crippen LogP contribution in [0.15, 0.2) is 36.9 Å². The highest BCUT2D eigenvalue weighted by atomic mass is 19.1. The summed E-state index contributed by atoms with van der Waals surface area (Å²) in [5.41, 5.74) is 1.52. The second-order valence-electron chi connectivity index (χ2n) is 6.37. The lowest BCUT2D eigenvalue weighted by molar-refractivity contribution is -0.0299. The van der Waals surface area contributed by atoms with Gasteiger partial charge in [0.25, 0.3) is 0 Å². The highest BCUT2D eigenvalue weighted by Crippen LogP contribution is 2.31. The molecule has 0 bridgehead atoms. The topological polar surface area (TPSA) is 112 Å². The Labute approximate surface area is 159 Å². The van der Waals surface area contributed by atoms with E-state index in [1.807, 2.05) is 0 Å². The summed E-state index contributed by atoms with van der Waals surface area (Å²) in [6.07, 6.45) is -0.514. The zero-order valence-electron chi connectivity index (χ0n) is 15.0. The van der Waals surface area contributed by atoms with Gasteiger partial charge in [-0.15, -0.1) is 0 Å². The van der Waals surface area contributed by atoms with Gasteiger partial charge in [-0.3, -0.25) is 4.57 Å². The Morgan fingerprint density at radius 3 is 2.43 bits per heavy atom. The van der Waals surface area contributed by atoms with Crippen LogP contribution < -0.4 is 9.47 Å². The molecule has 1 aromatic carbocycles. The molecule has 9 nitrogen and oxygen atoms in total. The second kappa shape index (κ2) is 7.66. The van der Waals surface area contributed by atoms with Crippen LogP contribution in [-0.4, -0.2) is 54.9 Å². The van der Waals surface area contributed by atoms with Crippen molar-refractivity contribution in [2.75, 3.05) is 6.86 Å². The first-order chi connectivity index (χ1) is 13.6. The number of alkyl halides is 1. The quantitative estimate of drug-likeness (QED) is 0.649. The molecule has 0 unspecified atom stereocenters. The summed E-state index contributed by atoms with van der Waals surface area (Å²) in [7, 11) is 0. The lowest BCUT2D eigenvalue weighted by atomic mass is 10.1. The van der Waals surface area contributed by atoms with Gasteiger partial charge in [0.1, 0.15) is 47.9 Å². The number of ether oxygens (including phenoxy) is 3. The molecule has 1 aliphatic rings. The second-order valence-corrected chi connectivity index (χ2v) is 6.37. The zero-order valence-corrected chi connectivity index (χ0v) is 15.0. The van der Waals surface area contributed by atoms with Gasteiger partial charge in [0.05, 0.1) is 12.4 Å². The number of aliphatic hydroxyl groups excluding tert-OH is 2. The number of fused-ring (bicyclic) bond motifs is 1. The van der Waals surface area contributed by atoms with Crippen LogP contribution in [0.4, 0.5) is 4.39 Å². The number of benzene rings is 1. The lowest BCUT2D eigenvalue weighted by Gasteiger charge is -2.16. The Morgan fingerprint density at radius 2 is 1.79 bits per heavy atom. The van der Waals surface area contributed by atoms with Crippen molar-refractivity contribution in [1.29, 1.82) is 0 Å². The van der Waals surface area contributed by atoms with Crippen molar-refractivity contribution in [3.8, 4) is 11.5 Å². The van der Waals surface area contributed by atoms with Crippen molar-refractivity contribution in [1.82, 2.24) is 19.5 Å². The van der Waals surface area contributed by atoms with Crippen molar-refractivity contribution in [3.63, 3.8) is 0 Å². The molecule has 0 amide bonds. The van der Waals surface area contributed by atoms with Crippen molar-refractivity contribution in [2.24, 2.45) is 0 Å². The number of rotatable bonds is 6. The first kappa shape index (κ1) is 18.5. The maximum absolute atomic E-state index is 12.2. The van der Waals surface area contributed by atoms with Crippen molar-refractivity contribution in [2.45, 2.75) is 38.1 Å². The first-order valence-corrected chi connectivity index (χ1v) is 8.68. The predicted octanol–water partition coefficient (Wildman–Crippen LogP) is 1.35. The normalized spacial score (nSPS) is 24.6. The molecule has 4 rings (SSSR count). The van der Waals surface area contributed by atoms with Crippen molar-refractivity contribution in [3.05, 3.63) is 42.6 Å². The molecule has 10 heteroatoms. The SMILES string of the molecule is C[C@H]1O[C@@H](n2cnc3c(COc4ccc(OCF)cc4)ncnc32)[C@H](O)[C@@H]1O. The van der Waals surface area contributed by atoms with E-state index in [9.17, 15) is 14.6 Å². The summed E-state index contributed by atoms with van der Waals surface area (Å²) in [6, 6.07) is 6.52. The van der Waals surface area contributed by atoms with Gasteiger partial charge in [-0.2, -0.15) is 0 Å². The molecule has 0 spiro atoms. The van der Waals surface area contributed by atoms with Crippen LogP contribution >= 0.6 is 0 Å². The molecule has 148 valence electrons. The Kier molecular flexibility index (Phi) is 5.07. The lowest BCUT2D eigenvalue weighted by Crippen LogP contribution is -2.30. The van der Waals surface area contributed by atoms with Gasteiger partial charge in [0.2, 0.25) is 6.86 Å². The average molecular weight is 390 g/mol. The number of hydrogen-bond acceptors (Lipinski definition) is 8. The number of halogens is 1. The Balaban J connectivity index is 1.53. The number of nitrogens with zero attached hydrogens (tertiary/aromatic N) is 4. The van der Waals surface area contributed by atoms with Crippen LogP contribution in [0.5, 0.6) is 11.5 Å². The van der Waals surface area contributed by atoms with E-state index in [4.69, 9.17) is 14.2 Å². The van der Waals surface area contributed by atoms with Gasteiger partial charge < -0.3 is 24.4 Å². The molecule has 2 N–H and O–H groups in total. The van der Waals surface area contributed by atoms with Gasteiger partial charge >= 0.3 is 0 Å². The van der Waals surface area contributed by atoms with E-state index in [0.29, 0.717) is 28.4 Å². The molecule has 1 saturated heterocycles. The highest BCUT2D eigenvalue weighted by molar-refractivity contribution is 5.73. The Bertz CT molecular complexity index is 951. The molecule has 0 radical (unpaired) electrons. The Hall–Kier alpha value is -2.82. The van der Waals surface area contributed by atoms with Gasteiger partial charge in [-0.05, 0) is 31.2 Å². The molecule has 1 aliphatic heterocycles. The van der Waals surface area contributed by atoms with E-state index < -0.39 is 31.4 Å². The summed E-state index contributed by atoms with van der Waals surface area (Å²) >= 11 is 0. The molecule has 0 aliphatic carbocycles. The molecule has 0 saturated carbocycles. The van der Waals surface area contributed by atoms with E-state index in [1.165, 1.54) is 12.7 Å². The minimum absolute atomic E-state index is 0.131. The van der Waals surface area contributed by atoms with Gasteiger partial charge in [-0.1, -0.05) is 0 Å². The zero-order chi connectivity index (χ0) is 19.7. The third-order valence-corrected chi connectivity index (χ3v) is 4.61. The molecule has 2 aromatic heterocycles. The van der Waals surface area contributed by atoms with Crippen LogP contribution in [-0.2, 0) is 11.3 Å². The standard InChI is InChI=1S/C18H19FN4O5/c1-10-15(24)16(25)18(28-10)23-9-22-14-13(20-8-21-17(14)23)6-26-11-2-4-12(5-3-11)27-7-19/h2-5,8-10,15-16,18,24-25H,6-7H2,1H3/t10-,15-,16-,18-/m1/s1. The van der Waals surface area contributed by atoms with E-state index in [1.54, 1.807) is 35.8 Å². The van der Waals surface area contributed by atoms with Crippen molar-refractivity contribution < 1.29 is 28.8 Å². The summed E-state index contributed by atoms with van der Waals surface area (Å²) < 4.78 is 29.8. The molecule has 3 heterocycles. The fourth-order valence-electron chi connectivity index (χ4n) is 3.10. The largest absolute Gasteiger partial charge is 0.487 e. The average Bonchev–Trinajstić information content (AvgIpc) is 3.24. The number of aromatic nitrogens is 4.